The summed E-state index contributed by atoms with van der Waals surface area (Å²) in [4.78, 5) is 1.46. The van der Waals surface area contributed by atoms with Crippen molar-refractivity contribution in [3.8, 4) is 0 Å². The molecule has 0 spiro atoms. The van der Waals surface area contributed by atoms with Gasteiger partial charge in [0.2, 0.25) is 0 Å². The lowest BCUT2D eigenvalue weighted by Gasteiger charge is -2.07. The van der Waals surface area contributed by atoms with E-state index in [0.29, 0.717) is 0 Å². The Kier molecular flexibility index (Phi) is 5.62. The fourth-order valence-electron chi connectivity index (χ4n) is 2.16. The Balaban J connectivity index is 1.71. The first-order valence-electron chi connectivity index (χ1n) is 7.05. The minimum Gasteiger partial charge on any atom is -0.312 e. The second-order valence-electron chi connectivity index (χ2n) is 5.42. The van der Waals surface area contributed by atoms with E-state index in [1.165, 1.54) is 22.4 Å². The Morgan fingerprint density at radius 1 is 1.05 bits per heavy atom. The number of hydrogen-bond acceptors (Lipinski definition) is 2. The summed E-state index contributed by atoms with van der Waals surface area (Å²) >= 11 is 1.84. The first-order chi connectivity index (χ1) is 9.24. The summed E-state index contributed by atoms with van der Waals surface area (Å²) in [6.45, 7) is 6.54. The molecule has 0 amide bonds. The van der Waals surface area contributed by atoms with E-state index in [9.17, 15) is 0 Å². The van der Waals surface area contributed by atoms with Gasteiger partial charge in [0.1, 0.15) is 0 Å². The van der Waals surface area contributed by atoms with Gasteiger partial charge in [-0.25, -0.2) is 0 Å². The van der Waals surface area contributed by atoms with Crippen molar-refractivity contribution in [3.05, 3.63) is 57.8 Å². The van der Waals surface area contributed by atoms with Gasteiger partial charge in [-0.3, -0.25) is 0 Å². The molecular formula is C17H23NS. The van der Waals surface area contributed by atoms with E-state index in [0.717, 1.165) is 25.4 Å². The first-order valence-corrected chi connectivity index (χ1v) is 7.93. The molecule has 19 heavy (non-hydrogen) atoms. The van der Waals surface area contributed by atoms with E-state index in [1.54, 1.807) is 0 Å². The molecule has 0 bridgehead atoms. The van der Waals surface area contributed by atoms with Gasteiger partial charge >= 0.3 is 0 Å². The largest absolute Gasteiger partial charge is 0.312 e. The third kappa shape index (κ3) is 5.17. The smallest absolute Gasteiger partial charge is 0.0205 e. The molecule has 0 radical (unpaired) electrons. The molecule has 1 aromatic heterocycles. The molecule has 1 heterocycles. The van der Waals surface area contributed by atoms with Crippen LogP contribution in [0, 0.1) is 5.92 Å². The zero-order chi connectivity index (χ0) is 13.5. The number of thiophene rings is 1. The average molecular weight is 273 g/mol. The molecule has 2 heteroatoms. The SMILES string of the molecule is CC(C)Cc1ccc(CNCCc2cccs2)cc1. The van der Waals surface area contributed by atoms with Crippen molar-refractivity contribution in [2.75, 3.05) is 6.54 Å². The molecule has 102 valence electrons. The number of hydrogen-bond donors (Lipinski definition) is 1. The second-order valence-corrected chi connectivity index (χ2v) is 6.45. The van der Waals surface area contributed by atoms with Crippen molar-refractivity contribution in [1.29, 1.82) is 0 Å². The van der Waals surface area contributed by atoms with Crippen molar-refractivity contribution in [1.82, 2.24) is 5.32 Å². The summed E-state index contributed by atoms with van der Waals surface area (Å²) in [5.41, 5.74) is 2.82. The van der Waals surface area contributed by atoms with Crippen LogP contribution in [0.2, 0.25) is 0 Å². The molecule has 1 nitrogen and oxygen atoms in total. The van der Waals surface area contributed by atoms with E-state index >= 15 is 0 Å². The highest BCUT2D eigenvalue weighted by Crippen LogP contribution is 2.10. The van der Waals surface area contributed by atoms with E-state index in [4.69, 9.17) is 0 Å². The lowest BCUT2D eigenvalue weighted by Crippen LogP contribution is -2.16. The zero-order valence-electron chi connectivity index (χ0n) is 11.9. The van der Waals surface area contributed by atoms with Crippen LogP contribution in [-0.2, 0) is 19.4 Å². The number of nitrogens with one attached hydrogen (secondary N) is 1. The van der Waals surface area contributed by atoms with Crippen molar-refractivity contribution >= 4 is 11.3 Å². The van der Waals surface area contributed by atoms with Crippen LogP contribution in [0.5, 0.6) is 0 Å². The van der Waals surface area contributed by atoms with Gasteiger partial charge in [0, 0.05) is 18.0 Å². The van der Waals surface area contributed by atoms with Crippen LogP contribution in [0.1, 0.15) is 29.9 Å². The Morgan fingerprint density at radius 3 is 2.42 bits per heavy atom. The molecule has 2 rings (SSSR count). The molecule has 0 fully saturated rings. The standard InChI is InChI=1S/C17H23NS/c1-14(2)12-15-5-7-16(8-6-15)13-18-10-9-17-4-3-11-19-17/h3-8,11,14,18H,9-10,12-13H2,1-2H3. The van der Waals surface area contributed by atoms with Gasteiger partial charge in [0.15, 0.2) is 0 Å². The first kappa shape index (κ1) is 14.3. The minimum atomic E-state index is 0.731. The third-order valence-corrected chi connectivity index (χ3v) is 4.06. The van der Waals surface area contributed by atoms with E-state index in [2.05, 4.69) is 60.9 Å². The highest BCUT2D eigenvalue weighted by atomic mass is 32.1. The second kappa shape index (κ2) is 7.46. The lowest BCUT2D eigenvalue weighted by molar-refractivity contribution is 0.646. The molecule has 1 aromatic carbocycles. The van der Waals surface area contributed by atoms with Gasteiger partial charge in [-0.05, 0) is 41.3 Å². The highest BCUT2D eigenvalue weighted by molar-refractivity contribution is 7.09. The van der Waals surface area contributed by atoms with E-state index in [-0.39, 0.29) is 0 Å². The monoisotopic (exact) mass is 273 g/mol. The molecule has 0 saturated carbocycles. The predicted molar refractivity (Wildman–Crippen MR) is 84.7 cm³/mol. The Hall–Kier alpha value is -1.12. The summed E-state index contributed by atoms with van der Waals surface area (Å²) in [7, 11) is 0. The summed E-state index contributed by atoms with van der Waals surface area (Å²) in [6.07, 6.45) is 2.30. The normalized spacial score (nSPS) is 11.1. The summed E-state index contributed by atoms with van der Waals surface area (Å²) in [6, 6.07) is 13.3. The maximum absolute atomic E-state index is 3.51. The maximum atomic E-state index is 3.51. The quantitative estimate of drug-likeness (QED) is 0.743. The third-order valence-electron chi connectivity index (χ3n) is 3.12. The van der Waals surface area contributed by atoms with Crippen LogP contribution in [-0.4, -0.2) is 6.54 Å². The van der Waals surface area contributed by atoms with Crippen molar-refractivity contribution in [2.24, 2.45) is 5.92 Å². The van der Waals surface area contributed by atoms with Crippen LogP contribution < -0.4 is 5.32 Å². The topological polar surface area (TPSA) is 12.0 Å². The van der Waals surface area contributed by atoms with Crippen LogP contribution in [0.15, 0.2) is 41.8 Å². The molecule has 2 aromatic rings. The molecule has 0 aliphatic carbocycles. The van der Waals surface area contributed by atoms with Gasteiger partial charge in [-0.15, -0.1) is 11.3 Å². The molecule has 0 aliphatic heterocycles. The number of rotatable bonds is 7. The van der Waals surface area contributed by atoms with E-state index in [1.807, 2.05) is 11.3 Å². The van der Waals surface area contributed by atoms with Crippen molar-refractivity contribution in [3.63, 3.8) is 0 Å². The summed E-state index contributed by atoms with van der Waals surface area (Å²) in [5.74, 6) is 0.731. The van der Waals surface area contributed by atoms with Crippen molar-refractivity contribution < 1.29 is 0 Å². The molecule has 0 aliphatic rings. The van der Waals surface area contributed by atoms with Gasteiger partial charge in [0.25, 0.3) is 0 Å². The zero-order valence-corrected chi connectivity index (χ0v) is 12.7. The summed E-state index contributed by atoms with van der Waals surface area (Å²) < 4.78 is 0. The highest BCUT2D eigenvalue weighted by Gasteiger charge is 1.98. The fraction of sp³-hybridized carbons (Fsp3) is 0.412. The Bertz CT molecular complexity index is 457. The molecular weight excluding hydrogens is 250 g/mol. The van der Waals surface area contributed by atoms with Gasteiger partial charge in [-0.2, -0.15) is 0 Å². The molecule has 1 N–H and O–H groups in total. The van der Waals surface area contributed by atoms with Gasteiger partial charge in [0.05, 0.1) is 0 Å². The minimum absolute atomic E-state index is 0.731. The number of benzene rings is 1. The summed E-state index contributed by atoms with van der Waals surface area (Å²) in [5, 5.41) is 5.65. The van der Waals surface area contributed by atoms with Crippen LogP contribution >= 0.6 is 11.3 Å². The van der Waals surface area contributed by atoms with Gasteiger partial charge in [-0.1, -0.05) is 44.2 Å². The van der Waals surface area contributed by atoms with Gasteiger partial charge < -0.3 is 5.32 Å². The Labute approximate surface area is 120 Å². The average Bonchev–Trinajstić information content (AvgIpc) is 2.89. The Morgan fingerprint density at radius 2 is 1.79 bits per heavy atom. The van der Waals surface area contributed by atoms with E-state index < -0.39 is 0 Å². The van der Waals surface area contributed by atoms with Crippen molar-refractivity contribution in [2.45, 2.75) is 33.2 Å². The lowest BCUT2D eigenvalue weighted by atomic mass is 10.0. The van der Waals surface area contributed by atoms with Crippen LogP contribution in [0.3, 0.4) is 0 Å². The predicted octanol–water partition coefficient (Wildman–Crippen LogP) is 4.28. The maximum Gasteiger partial charge on any atom is 0.0205 e. The van der Waals surface area contributed by atoms with Crippen LogP contribution in [0.25, 0.3) is 0 Å². The molecule has 0 unspecified atom stereocenters. The van der Waals surface area contributed by atoms with Crippen LogP contribution in [0.4, 0.5) is 0 Å². The molecule has 0 saturated heterocycles. The fourth-order valence-corrected chi connectivity index (χ4v) is 2.87. The molecule has 0 atom stereocenters.